The van der Waals surface area contributed by atoms with E-state index in [2.05, 4.69) is 15.1 Å². The number of ether oxygens (including phenoxy) is 1. The van der Waals surface area contributed by atoms with Crippen LogP contribution in [0.1, 0.15) is 72.1 Å². The molecule has 2 N–H and O–H groups in total. The number of hydrogen-bond acceptors (Lipinski definition) is 7. The van der Waals surface area contributed by atoms with Gasteiger partial charge >= 0.3 is 0 Å². The van der Waals surface area contributed by atoms with E-state index in [1.807, 2.05) is 4.72 Å². The summed E-state index contributed by atoms with van der Waals surface area (Å²) in [5.74, 6) is -0.610. The maximum Gasteiger partial charge on any atom is 0.277 e. The quantitative estimate of drug-likeness (QED) is 0.390. The molecule has 10 nitrogen and oxygen atoms in total. The molecule has 1 aromatic carbocycles. The average molecular weight is 532 g/mol. The number of aromatic nitrogens is 4. The van der Waals surface area contributed by atoms with Crippen molar-refractivity contribution in [3.05, 3.63) is 34.2 Å². The van der Waals surface area contributed by atoms with Crippen molar-refractivity contribution in [1.29, 1.82) is 0 Å². The topological polar surface area (TPSA) is 122 Å². The van der Waals surface area contributed by atoms with Gasteiger partial charge in [-0.3, -0.25) is 9.48 Å². The Balaban J connectivity index is 1.89. The number of nitrogens with one attached hydrogen (secondary N) is 2. The highest BCUT2D eigenvalue weighted by molar-refractivity contribution is 7.89. The highest BCUT2D eigenvalue weighted by Gasteiger charge is 2.23. The molecule has 0 radical (unpaired) electrons. The average Bonchev–Trinajstić information content (AvgIpc) is 3.60. The largest absolute Gasteiger partial charge is 0.493 e. The number of rotatable bonds is 11. The molecule has 2 aromatic heterocycles. The van der Waals surface area contributed by atoms with E-state index in [0.29, 0.717) is 19.3 Å². The molecule has 1 aliphatic heterocycles. The van der Waals surface area contributed by atoms with E-state index in [0.717, 1.165) is 17.0 Å². The zero-order valence-corrected chi connectivity index (χ0v) is 20.2. The second-order valence-electron chi connectivity index (χ2n) is 8.10. The van der Waals surface area contributed by atoms with E-state index >= 15 is 0 Å². The first-order chi connectivity index (χ1) is 23.0. The summed E-state index contributed by atoms with van der Waals surface area (Å²) in [6.07, 6.45) is -6.50. The number of hydrogen-bond donors (Lipinski definition) is 2. The van der Waals surface area contributed by atoms with Crippen LogP contribution in [0.2, 0.25) is 0 Å². The summed E-state index contributed by atoms with van der Waals surface area (Å²) in [7, 11) is -4.74. The van der Waals surface area contributed by atoms with Gasteiger partial charge in [0.1, 0.15) is 17.1 Å². The zero-order valence-electron chi connectivity index (χ0n) is 34.4. The van der Waals surface area contributed by atoms with Crippen LogP contribution in [-0.4, -0.2) is 65.7 Å². The molecular weight excluding hydrogens is 480 g/mol. The Morgan fingerprint density at radius 1 is 1.36 bits per heavy atom. The lowest BCUT2D eigenvalue weighted by atomic mass is 10.1. The standard InChI is InChI=1S/C25H36N6O4S/c1-5-8-20-22-23(31(4)29-20)25(32)28-24(27-22)19-16-18(10-11-21(19)35-15-6-2)36(33,34)26-13-12-17-9-7-14-30(17)3/h10-11,16-17,26H,5-9,12-15H2,1-4H3,(H,27,28,32)/i1D3,3D3,4D3,5D2,8D2,13D2. The maximum atomic E-state index is 13.6. The van der Waals surface area contributed by atoms with Crippen molar-refractivity contribution < 1.29 is 33.7 Å². The van der Waals surface area contributed by atoms with Crippen LogP contribution in [0.5, 0.6) is 5.75 Å². The third kappa shape index (κ3) is 5.47. The molecular formula is C25H36N6O4S. The van der Waals surface area contributed by atoms with Crippen molar-refractivity contribution in [2.75, 3.05) is 26.6 Å². The number of nitrogens with zero attached hydrogens (tertiary/aromatic N) is 4. The monoisotopic (exact) mass is 531 g/mol. The van der Waals surface area contributed by atoms with E-state index in [9.17, 15) is 13.2 Å². The molecule has 3 aromatic rings. The van der Waals surface area contributed by atoms with Crippen LogP contribution in [0.3, 0.4) is 0 Å². The molecule has 11 heteroatoms. The van der Waals surface area contributed by atoms with Crippen LogP contribution in [-0.2, 0) is 23.4 Å². The number of H-pyrrole nitrogens is 1. The minimum absolute atomic E-state index is 0.0668. The number of aromatic amines is 1. The Kier molecular flexibility index (Phi) is 4.06. The lowest BCUT2D eigenvalue weighted by Crippen LogP contribution is -2.31. The smallest absolute Gasteiger partial charge is 0.277 e. The van der Waals surface area contributed by atoms with Gasteiger partial charge in [0.15, 0.2) is 5.52 Å². The van der Waals surface area contributed by atoms with E-state index in [1.54, 1.807) is 6.92 Å². The zero-order chi connectivity index (χ0) is 38.8. The molecule has 0 saturated carbocycles. The summed E-state index contributed by atoms with van der Waals surface area (Å²) >= 11 is 0. The van der Waals surface area contributed by atoms with Gasteiger partial charge in [0, 0.05) is 40.1 Å². The molecule has 1 unspecified atom stereocenters. The summed E-state index contributed by atoms with van der Waals surface area (Å²) in [4.78, 5) is 20.5. The highest BCUT2D eigenvalue weighted by atomic mass is 32.2. The van der Waals surface area contributed by atoms with Gasteiger partial charge in [-0.05, 0) is 63.8 Å². The van der Waals surface area contributed by atoms with Gasteiger partial charge in [-0.25, -0.2) is 18.1 Å². The Hall–Kier alpha value is -2.76. The summed E-state index contributed by atoms with van der Waals surface area (Å²) in [6.45, 7) is -9.99. The van der Waals surface area contributed by atoms with Gasteiger partial charge < -0.3 is 14.6 Å². The lowest BCUT2D eigenvalue weighted by Gasteiger charge is -2.19. The molecule has 4 rings (SSSR count). The predicted octanol–water partition coefficient (Wildman–Crippen LogP) is 2.83. The highest BCUT2D eigenvalue weighted by Crippen LogP contribution is 2.31. The SMILES string of the molecule is [2H]C([2H])(CC1CCCN1C([2H])([2H])[2H])NS(=O)(=O)c1ccc(OCCC)c(-c2nc3c(C([2H])([2H])C([2H])([2H])C([2H])([2H])[2H])nn(C([2H])([2H])[2H])c3c(=O)[nH]2)c1. The molecule has 0 bridgehead atoms. The number of fused-ring (bicyclic) bond motifs is 1. The van der Waals surface area contributed by atoms with Crippen molar-refractivity contribution in [3.8, 4) is 17.1 Å². The molecule has 0 spiro atoms. The summed E-state index contributed by atoms with van der Waals surface area (Å²) < 4.78 is 154. The Bertz CT molecular complexity index is 1940. The maximum absolute atomic E-state index is 13.6. The fourth-order valence-corrected chi connectivity index (χ4v) is 4.77. The van der Waals surface area contributed by atoms with Crippen LogP contribution >= 0.6 is 0 Å². The van der Waals surface area contributed by atoms with Gasteiger partial charge in [0.05, 0.1) is 22.8 Å². The fraction of sp³-hybridized carbons (Fsp3) is 0.560. The van der Waals surface area contributed by atoms with Crippen LogP contribution in [0.4, 0.5) is 0 Å². The van der Waals surface area contributed by atoms with Gasteiger partial charge in [-0.15, -0.1) is 0 Å². The first-order valence-corrected chi connectivity index (χ1v) is 12.7. The minimum atomic E-state index is -4.74. The van der Waals surface area contributed by atoms with Gasteiger partial charge in [0.2, 0.25) is 10.0 Å². The van der Waals surface area contributed by atoms with E-state index in [-0.39, 0.29) is 29.1 Å². The number of aryl methyl sites for hydroxylation is 2. The Morgan fingerprint density at radius 2 is 2.25 bits per heavy atom. The molecule has 1 aliphatic rings. The molecule has 196 valence electrons. The molecule has 0 aliphatic carbocycles. The lowest BCUT2D eigenvalue weighted by molar-refractivity contribution is 0.297. The molecule has 1 atom stereocenters. The van der Waals surface area contributed by atoms with Gasteiger partial charge in [-0.1, -0.05) is 20.1 Å². The van der Waals surface area contributed by atoms with Crippen LogP contribution < -0.4 is 15.0 Å². The first kappa shape index (κ1) is 13.2. The minimum Gasteiger partial charge on any atom is -0.493 e. The van der Waals surface area contributed by atoms with E-state index < -0.39 is 95.5 Å². The van der Waals surface area contributed by atoms with Crippen LogP contribution in [0.25, 0.3) is 22.4 Å². The molecule has 3 heterocycles. The van der Waals surface area contributed by atoms with Crippen LogP contribution in [0, 0.1) is 0 Å². The van der Waals surface area contributed by atoms with E-state index in [4.69, 9.17) is 25.3 Å². The molecule has 1 saturated heterocycles. The van der Waals surface area contributed by atoms with Gasteiger partial charge in [0.25, 0.3) is 5.56 Å². The summed E-state index contributed by atoms with van der Waals surface area (Å²) in [6, 6.07) is 2.39. The molecule has 1 fully saturated rings. The summed E-state index contributed by atoms with van der Waals surface area (Å²) in [5, 5.41) is 3.63. The number of benzene rings is 1. The van der Waals surface area contributed by atoms with Crippen molar-refractivity contribution in [1.82, 2.24) is 29.4 Å². The molecule has 0 amide bonds. The third-order valence-electron chi connectivity index (χ3n) is 5.61. The third-order valence-corrected chi connectivity index (χ3v) is 6.90. The normalized spacial score (nSPS) is 25.1. The van der Waals surface area contributed by atoms with Crippen LogP contribution in [0.15, 0.2) is 27.9 Å². The van der Waals surface area contributed by atoms with Crippen molar-refractivity contribution in [2.45, 2.75) is 63.1 Å². The van der Waals surface area contributed by atoms with E-state index in [1.165, 1.54) is 6.07 Å². The summed E-state index contributed by atoms with van der Waals surface area (Å²) in [5.41, 5.74) is -4.32. The molecule has 36 heavy (non-hydrogen) atoms. The second-order valence-corrected chi connectivity index (χ2v) is 9.79. The first-order valence-electron chi connectivity index (χ1n) is 18.7. The Labute approximate surface area is 233 Å². The Morgan fingerprint density at radius 3 is 3.03 bits per heavy atom. The van der Waals surface area contributed by atoms with Crippen molar-refractivity contribution >= 4 is 21.1 Å². The number of sulfonamides is 1. The fourth-order valence-electron chi connectivity index (χ4n) is 3.86. The number of likely N-dealkylation sites (tertiary alicyclic amines) is 1. The van der Waals surface area contributed by atoms with Gasteiger partial charge in [-0.2, -0.15) is 5.10 Å². The van der Waals surface area contributed by atoms with Crippen molar-refractivity contribution in [3.63, 3.8) is 0 Å². The second kappa shape index (κ2) is 11.1. The predicted molar refractivity (Wildman–Crippen MR) is 140 cm³/mol. The van der Waals surface area contributed by atoms with Crippen molar-refractivity contribution in [2.24, 2.45) is 6.98 Å².